The number of nitrogens with zero attached hydrogens (tertiary/aromatic N) is 1. The number of aliphatic carboxylic acids is 1. The molecule has 0 bridgehead atoms. The van der Waals surface area contributed by atoms with Gasteiger partial charge in [0, 0.05) is 0 Å². The van der Waals surface area contributed by atoms with Crippen LogP contribution in [0.15, 0.2) is 29.2 Å². The van der Waals surface area contributed by atoms with Gasteiger partial charge in [0.2, 0.25) is 0 Å². The molecule has 0 spiro atoms. The minimum Gasteiger partial charge on any atom is -0.548 e. The molecule has 1 aromatic carbocycles. The van der Waals surface area contributed by atoms with Crippen LogP contribution in [0.4, 0.5) is 0 Å². The lowest BCUT2D eigenvalue weighted by atomic mass is 9.87. The van der Waals surface area contributed by atoms with Crippen LogP contribution in [-0.2, 0) is 15.0 Å². The van der Waals surface area contributed by atoms with E-state index >= 15 is 0 Å². The lowest BCUT2D eigenvalue weighted by molar-refractivity contribution is -0.305. The van der Waals surface area contributed by atoms with Gasteiger partial charge in [-0.15, -0.1) is 0 Å². The molecule has 1 aliphatic heterocycles. The molecule has 1 fully saturated rings. The fraction of sp³-hybridized carbons (Fsp3) is 0.312. The molecule has 0 N–H and O–H groups in total. The SMILES string of the molecule is CC(C)(C)c1ccc(/C=C2/SC(=S)N(CC(=O)[O-])C2=O)cc1. The molecule has 0 aromatic heterocycles. The monoisotopic (exact) mass is 334 g/mol. The van der Waals surface area contributed by atoms with Gasteiger partial charge in [0.1, 0.15) is 4.32 Å². The minimum atomic E-state index is -1.33. The van der Waals surface area contributed by atoms with E-state index in [1.807, 2.05) is 24.3 Å². The summed E-state index contributed by atoms with van der Waals surface area (Å²) in [5.41, 5.74) is 2.15. The molecule has 0 unspecified atom stereocenters. The zero-order chi connectivity index (χ0) is 16.5. The molecule has 0 radical (unpaired) electrons. The van der Waals surface area contributed by atoms with E-state index in [-0.39, 0.29) is 15.6 Å². The average Bonchev–Trinajstić information content (AvgIpc) is 2.66. The standard InChI is InChI=1S/C16H17NO3S2/c1-16(2,3)11-6-4-10(5-7-11)8-12-14(20)17(9-13(18)19)15(21)22-12/h4-8H,9H2,1-3H3,(H,18,19)/p-1/b12-8+. The Hall–Kier alpha value is -1.66. The van der Waals surface area contributed by atoms with Crippen molar-refractivity contribution in [3.63, 3.8) is 0 Å². The van der Waals surface area contributed by atoms with Crippen LogP contribution in [0.1, 0.15) is 31.9 Å². The highest BCUT2D eigenvalue weighted by Crippen LogP contribution is 2.32. The van der Waals surface area contributed by atoms with Gasteiger partial charge in [-0.25, -0.2) is 0 Å². The summed E-state index contributed by atoms with van der Waals surface area (Å²) in [5, 5.41) is 10.6. The first-order valence-electron chi connectivity index (χ1n) is 6.74. The highest BCUT2D eigenvalue weighted by molar-refractivity contribution is 8.26. The Morgan fingerprint density at radius 3 is 2.41 bits per heavy atom. The van der Waals surface area contributed by atoms with Crippen molar-refractivity contribution < 1.29 is 14.7 Å². The zero-order valence-electron chi connectivity index (χ0n) is 12.6. The van der Waals surface area contributed by atoms with Crippen LogP contribution >= 0.6 is 24.0 Å². The van der Waals surface area contributed by atoms with Crippen LogP contribution in [0.5, 0.6) is 0 Å². The number of amides is 1. The highest BCUT2D eigenvalue weighted by atomic mass is 32.2. The number of benzene rings is 1. The summed E-state index contributed by atoms with van der Waals surface area (Å²) >= 11 is 6.14. The number of thioether (sulfide) groups is 1. The number of carbonyl (C=O) groups is 2. The number of thiocarbonyl (C=S) groups is 1. The van der Waals surface area contributed by atoms with Gasteiger partial charge in [-0.05, 0) is 22.6 Å². The Balaban J connectivity index is 2.22. The summed E-state index contributed by atoms with van der Waals surface area (Å²) in [4.78, 5) is 24.3. The average molecular weight is 334 g/mol. The maximum absolute atomic E-state index is 12.1. The van der Waals surface area contributed by atoms with Crippen LogP contribution < -0.4 is 5.11 Å². The summed E-state index contributed by atoms with van der Waals surface area (Å²) in [6.07, 6.45) is 1.72. The molecule has 0 aliphatic carbocycles. The second kappa shape index (κ2) is 6.22. The van der Waals surface area contributed by atoms with Crippen LogP contribution in [-0.4, -0.2) is 27.6 Å². The molecular formula is C16H16NO3S2-. The lowest BCUT2D eigenvalue weighted by Gasteiger charge is -2.18. The van der Waals surface area contributed by atoms with Gasteiger partial charge >= 0.3 is 0 Å². The molecule has 1 heterocycles. The van der Waals surface area contributed by atoms with E-state index in [2.05, 4.69) is 20.8 Å². The van der Waals surface area contributed by atoms with Crippen molar-refractivity contribution >= 4 is 46.3 Å². The Kier molecular flexibility index (Phi) is 4.72. The maximum atomic E-state index is 12.1. The number of carboxylic acid groups (broad SMARTS) is 1. The Bertz CT molecular complexity index is 657. The van der Waals surface area contributed by atoms with Gasteiger partial charge in [-0.1, -0.05) is 69.0 Å². The first kappa shape index (κ1) is 16.7. The quantitative estimate of drug-likeness (QED) is 0.624. The van der Waals surface area contributed by atoms with Gasteiger partial charge in [0.25, 0.3) is 5.91 Å². The van der Waals surface area contributed by atoms with E-state index in [1.165, 1.54) is 5.56 Å². The molecule has 1 saturated heterocycles. The molecule has 6 heteroatoms. The predicted molar refractivity (Wildman–Crippen MR) is 90.0 cm³/mol. The van der Waals surface area contributed by atoms with Gasteiger partial charge in [0.15, 0.2) is 0 Å². The summed E-state index contributed by atoms with van der Waals surface area (Å²) in [6, 6.07) is 7.92. The normalized spacial score (nSPS) is 17.4. The van der Waals surface area contributed by atoms with Crippen molar-refractivity contribution in [1.29, 1.82) is 0 Å². The topological polar surface area (TPSA) is 60.4 Å². The molecule has 116 valence electrons. The second-order valence-corrected chi connectivity index (χ2v) is 7.69. The molecule has 0 atom stereocenters. The number of hydrogen-bond acceptors (Lipinski definition) is 5. The third-order valence-corrected chi connectivity index (χ3v) is 4.61. The first-order valence-corrected chi connectivity index (χ1v) is 7.97. The number of carbonyl (C=O) groups excluding carboxylic acids is 2. The van der Waals surface area contributed by atoms with Crippen molar-refractivity contribution in [2.24, 2.45) is 0 Å². The van der Waals surface area contributed by atoms with Crippen molar-refractivity contribution in [1.82, 2.24) is 4.90 Å². The molecule has 1 aromatic rings. The number of carboxylic acids is 1. The summed E-state index contributed by atoms with van der Waals surface area (Å²) < 4.78 is 0.242. The van der Waals surface area contributed by atoms with E-state index in [1.54, 1.807) is 6.08 Å². The van der Waals surface area contributed by atoms with Crippen LogP contribution in [0.2, 0.25) is 0 Å². The van der Waals surface area contributed by atoms with E-state index in [9.17, 15) is 14.7 Å². The Morgan fingerprint density at radius 1 is 1.32 bits per heavy atom. The molecule has 1 amide bonds. The summed E-state index contributed by atoms with van der Waals surface area (Å²) in [6.45, 7) is 5.89. The van der Waals surface area contributed by atoms with E-state index in [0.717, 1.165) is 22.2 Å². The molecule has 4 nitrogen and oxygen atoms in total. The maximum Gasteiger partial charge on any atom is 0.266 e. The molecular weight excluding hydrogens is 318 g/mol. The second-order valence-electron chi connectivity index (χ2n) is 6.01. The van der Waals surface area contributed by atoms with Gasteiger partial charge in [0.05, 0.1) is 17.4 Å². The van der Waals surface area contributed by atoms with Crippen molar-refractivity contribution in [2.75, 3.05) is 6.54 Å². The predicted octanol–water partition coefficient (Wildman–Crippen LogP) is 1.94. The third kappa shape index (κ3) is 3.75. The fourth-order valence-corrected chi connectivity index (χ4v) is 3.25. The van der Waals surface area contributed by atoms with E-state index < -0.39 is 12.5 Å². The van der Waals surface area contributed by atoms with Crippen LogP contribution in [0.25, 0.3) is 6.08 Å². The van der Waals surface area contributed by atoms with Crippen molar-refractivity contribution in [3.8, 4) is 0 Å². The van der Waals surface area contributed by atoms with Crippen LogP contribution in [0, 0.1) is 0 Å². The summed E-state index contributed by atoms with van der Waals surface area (Å²) in [5.74, 6) is -1.72. The number of hydrogen-bond donors (Lipinski definition) is 0. The van der Waals surface area contributed by atoms with Gasteiger partial charge in [-0.3, -0.25) is 9.69 Å². The fourth-order valence-electron chi connectivity index (χ4n) is 2.00. The lowest BCUT2D eigenvalue weighted by Crippen LogP contribution is -2.40. The van der Waals surface area contributed by atoms with Crippen LogP contribution in [0.3, 0.4) is 0 Å². The minimum absolute atomic E-state index is 0.0659. The van der Waals surface area contributed by atoms with Gasteiger partial charge < -0.3 is 9.90 Å². The highest BCUT2D eigenvalue weighted by Gasteiger charge is 2.31. The molecule has 2 rings (SSSR count). The smallest absolute Gasteiger partial charge is 0.266 e. The van der Waals surface area contributed by atoms with E-state index in [0.29, 0.717) is 4.91 Å². The van der Waals surface area contributed by atoms with E-state index in [4.69, 9.17) is 12.2 Å². The number of rotatable bonds is 3. The zero-order valence-corrected chi connectivity index (χ0v) is 14.2. The molecule has 0 saturated carbocycles. The summed E-state index contributed by atoms with van der Waals surface area (Å²) in [7, 11) is 0. The molecule has 22 heavy (non-hydrogen) atoms. The van der Waals surface area contributed by atoms with Crippen molar-refractivity contribution in [3.05, 3.63) is 40.3 Å². The third-order valence-electron chi connectivity index (χ3n) is 3.24. The van der Waals surface area contributed by atoms with Gasteiger partial charge in [-0.2, -0.15) is 0 Å². The Labute approximate surface area is 139 Å². The largest absolute Gasteiger partial charge is 0.548 e. The first-order chi connectivity index (χ1) is 10.2. The Morgan fingerprint density at radius 2 is 1.91 bits per heavy atom. The molecule has 1 aliphatic rings. The van der Waals surface area contributed by atoms with Crippen molar-refractivity contribution in [2.45, 2.75) is 26.2 Å².